The number of carbonyl (C=O) groups is 1. The maximum Gasteiger partial charge on any atom is 0.329 e. The summed E-state index contributed by atoms with van der Waals surface area (Å²) in [6, 6.07) is 0.392. The third-order valence-corrected chi connectivity index (χ3v) is 1.64. The highest BCUT2D eigenvalue weighted by Gasteiger charge is 2.00. The van der Waals surface area contributed by atoms with Crippen molar-refractivity contribution in [3.8, 4) is 0 Å². The molecular formula is C8H16N2O2. The summed E-state index contributed by atoms with van der Waals surface area (Å²) in [5.74, 6) is -0.931. The summed E-state index contributed by atoms with van der Waals surface area (Å²) in [6.07, 6.45) is 2.53. The molecule has 0 aromatic heterocycles. The van der Waals surface area contributed by atoms with Crippen LogP contribution in [0.1, 0.15) is 6.92 Å². The molecule has 4 nitrogen and oxygen atoms in total. The summed E-state index contributed by atoms with van der Waals surface area (Å²) in [4.78, 5) is 12.1. The molecule has 0 aromatic carbocycles. The van der Waals surface area contributed by atoms with Crippen LogP contribution in [0, 0.1) is 0 Å². The Hall–Kier alpha value is -1.03. The van der Waals surface area contributed by atoms with E-state index < -0.39 is 5.97 Å². The van der Waals surface area contributed by atoms with Crippen LogP contribution in [0.4, 0.5) is 0 Å². The quantitative estimate of drug-likeness (QED) is 0.578. The molecule has 2 N–H and O–H groups in total. The van der Waals surface area contributed by atoms with Crippen molar-refractivity contribution in [2.24, 2.45) is 0 Å². The number of aliphatic carboxylic acids is 1. The molecular weight excluding hydrogens is 156 g/mol. The van der Waals surface area contributed by atoms with Crippen LogP contribution in [0.5, 0.6) is 0 Å². The van der Waals surface area contributed by atoms with Crippen molar-refractivity contribution >= 4 is 5.97 Å². The lowest BCUT2D eigenvalue weighted by Crippen LogP contribution is -2.33. The predicted octanol–water partition coefficient (Wildman–Crippen LogP) is 0.124. The SMILES string of the molecule is CC(CN/C=C/C(=O)O)N(C)C. The van der Waals surface area contributed by atoms with Gasteiger partial charge in [0.15, 0.2) is 0 Å². The molecule has 0 rings (SSSR count). The van der Waals surface area contributed by atoms with E-state index >= 15 is 0 Å². The second-order valence-corrected chi connectivity index (χ2v) is 2.89. The van der Waals surface area contributed by atoms with E-state index in [-0.39, 0.29) is 0 Å². The molecule has 0 heterocycles. The van der Waals surface area contributed by atoms with Gasteiger partial charge in [0.05, 0.1) is 0 Å². The number of likely N-dealkylation sites (N-methyl/N-ethyl adjacent to an activating group) is 1. The number of nitrogens with zero attached hydrogens (tertiary/aromatic N) is 1. The highest BCUT2D eigenvalue weighted by Crippen LogP contribution is 1.87. The van der Waals surface area contributed by atoms with Crippen molar-refractivity contribution in [3.63, 3.8) is 0 Å². The van der Waals surface area contributed by atoms with E-state index in [0.29, 0.717) is 6.04 Å². The van der Waals surface area contributed by atoms with Crippen molar-refractivity contribution in [1.29, 1.82) is 0 Å². The van der Waals surface area contributed by atoms with Crippen LogP contribution in [-0.4, -0.2) is 42.7 Å². The predicted molar refractivity (Wildman–Crippen MR) is 47.9 cm³/mol. The Bertz CT molecular complexity index is 166. The molecule has 0 saturated heterocycles. The summed E-state index contributed by atoms with van der Waals surface area (Å²) in [5, 5.41) is 11.1. The second kappa shape index (κ2) is 5.60. The van der Waals surface area contributed by atoms with E-state index in [9.17, 15) is 4.79 Å². The summed E-state index contributed by atoms with van der Waals surface area (Å²) in [7, 11) is 3.96. The topological polar surface area (TPSA) is 52.6 Å². The highest BCUT2D eigenvalue weighted by atomic mass is 16.4. The van der Waals surface area contributed by atoms with Crippen molar-refractivity contribution in [2.45, 2.75) is 13.0 Å². The van der Waals surface area contributed by atoms with E-state index in [4.69, 9.17) is 5.11 Å². The maximum atomic E-state index is 10.0. The molecule has 4 heteroatoms. The highest BCUT2D eigenvalue weighted by molar-refractivity contribution is 5.79. The molecule has 0 spiro atoms. The fourth-order valence-electron chi connectivity index (χ4n) is 0.551. The van der Waals surface area contributed by atoms with Gasteiger partial charge in [-0.3, -0.25) is 0 Å². The minimum Gasteiger partial charge on any atom is -0.478 e. The van der Waals surface area contributed by atoms with Gasteiger partial charge < -0.3 is 15.3 Å². The summed E-state index contributed by atoms with van der Waals surface area (Å²) < 4.78 is 0. The van der Waals surface area contributed by atoms with Gasteiger partial charge in [0.25, 0.3) is 0 Å². The Kier molecular flexibility index (Phi) is 5.12. The average Bonchev–Trinajstić information content (AvgIpc) is 1.97. The molecule has 1 unspecified atom stereocenters. The largest absolute Gasteiger partial charge is 0.478 e. The number of carboxylic acids is 1. The molecule has 0 aliphatic rings. The lowest BCUT2D eigenvalue weighted by Gasteiger charge is -2.19. The first-order valence-corrected chi connectivity index (χ1v) is 3.83. The molecule has 0 radical (unpaired) electrons. The molecule has 12 heavy (non-hydrogen) atoms. The standard InChI is InChI=1S/C8H16N2O2/c1-7(10(2)3)6-9-5-4-8(11)12/h4-5,7,9H,6H2,1-3H3,(H,11,12)/b5-4+. The number of nitrogens with one attached hydrogen (secondary N) is 1. The Labute approximate surface area is 72.9 Å². The number of carboxylic acid groups (broad SMARTS) is 1. The van der Waals surface area contributed by atoms with Crippen molar-refractivity contribution in [1.82, 2.24) is 10.2 Å². The van der Waals surface area contributed by atoms with Gasteiger partial charge in [0.2, 0.25) is 0 Å². The van der Waals surface area contributed by atoms with Gasteiger partial charge in [-0.05, 0) is 21.0 Å². The molecule has 0 saturated carbocycles. The number of hydrogen-bond donors (Lipinski definition) is 2. The van der Waals surface area contributed by atoms with Gasteiger partial charge in [-0.1, -0.05) is 0 Å². The van der Waals surface area contributed by atoms with Crippen LogP contribution in [0.3, 0.4) is 0 Å². The molecule has 0 aliphatic carbocycles. The van der Waals surface area contributed by atoms with Gasteiger partial charge in [0.1, 0.15) is 0 Å². The Balaban J connectivity index is 3.49. The van der Waals surface area contributed by atoms with Crippen molar-refractivity contribution in [2.75, 3.05) is 20.6 Å². The Morgan fingerprint density at radius 1 is 1.67 bits per heavy atom. The fraction of sp³-hybridized carbons (Fsp3) is 0.625. The summed E-state index contributed by atoms with van der Waals surface area (Å²) in [6.45, 7) is 2.80. The molecule has 0 aliphatic heterocycles. The zero-order chi connectivity index (χ0) is 9.56. The number of rotatable bonds is 5. The maximum absolute atomic E-state index is 10.0. The van der Waals surface area contributed by atoms with E-state index in [1.165, 1.54) is 6.20 Å². The molecule has 0 fully saturated rings. The Morgan fingerprint density at radius 3 is 2.67 bits per heavy atom. The normalized spacial score (nSPS) is 13.7. The zero-order valence-corrected chi connectivity index (χ0v) is 7.74. The first-order chi connectivity index (χ1) is 5.54. The van der Waals surface area contributed by atoms with Gasteiger partial charge in [0, 0.05) is 24.9 Å². The lowest BCUT2D eigenvalue weighted by atomic mass is 10.3. The van der Waals surface area contributed by atoms with E-state index in [1.54, 1.807) is 0 Å². The minimum atomic E-state index is -0.931. The van der Waals surface area contributed by atoms with Gasteiger partial charge in [-0.15, -0.1) is 0 Å². The van der Waals surface area contributed by atoms with Crippen LogP contribution in [0.2, 0.25) is 0 Å². The van der Waals surface area contributed by atoms with Crippen LogP contribution in [-0.2, 0) is 4.79 Å². The van der Waals surface area contributed by atoms with Gasteiger partial charge in [-0.2, -0.15) is 0 Å². The van der Waals surface area contributed by atoms with E-state index in [2.05, 4.69) is 17.1 Å². The minimum absolute atomic E-state index is 0.392. The van der Waals surface area contributed by atoms with Crippen molar-refractivity contribution < 1.29 is 9.90 Å². The summed E-state index contributed by atoms with van der Waals surface area (Å²) in [5.41, 5.74) is 0. The first-order valence-electron chi connectivity index (χ1n) is 3.83. The molecule has 0 bridgehead atoms. The van der Waals surface area contributed by atoms with Crippen LogP contribution in [0.25, 0.3) is 0 Å². The molecule has 0 amide bonds. The Morgan fingerprint density at radius 2 is 2.25 bits per heavy atom. The molecule has 0 aromatic rings. The molecule has 70 valence electrons. The molecule has 1 atom stereocenters. The van der Waals surface area contributed by atoms with E-state index in [1.807, 2.05) is 14.1 Å². The fourth-order valence-corrected chi connectivity index (χ4v) is 0.551. The first kappa shape index (κ1) is 11.0. The summed E-state index contributed by atoms with van der Waals surface area (Å²) >= 11 is 0. The zero-order valence-electron chi connectivity index (χ0n) is 7.74. The monoisotopic (exact) mass is 172 g/mol. The van der Waals surface area contributed by atoms with Gasteiger partial charge >= 0.3 is 5.97 Å². The van der Waals surface area contributed by atoms with Crippen molar-refractivity contribution in [3.05, 3.63) is 12.3 Å². The van der Waals surface area contributed by atoms with Crippen LogP contribution < -0.4 is 5.32 Å². The van der Waals surface area contributed by atoms with Crippen LogP contribution in [0.15, 0.2) is 12.3 Å². The number of hydrogen-bond acceptors (Lipinski definition) is 3. The third-order valence-electron chi connectivity index (χ3n) is 1.64. The van der Waals surface area contributed by atoms with Crippen LogP contribution >= 0.6 is 0 Å². The smallest absolute Gasteiger partial charge is 0.329 e. The second-order valence-electron chi connectivity index (χ2n) is 2.89. The van der Waals surface area contributed by atoms with Gasteiger partial charge in [-0.25, -0.2) is 4.79 Å². The van der Waals surface area contributed by atoms with E-state index in [0.717, 1.165) is 12.6 Å². The average molecular weight is 172 g/mol. The third kappa shape index (κ3) is 5.73. The lowest BCUT2D eigenvalue weighted by molar-refractivity contribution is -0.131.